The molecule has 4 amide bonds. The van der Waals surface area contributed by atoms with Crippen LogP contribution in [0, 0.1) is 0 Å². The van der Waals surface area contributed by atoms with Crippen LogP contribution in [0.3, 0.4) is 0 Å². The van der Waals surface area contributed by atoms with Gasteiger partial charge in [0.05, 0.1) is 12.5 Å². The van der Waals surface area contributed by atoms with E-state index in [0.29, 0.717) is 18.5 Å². The molecule has 1 fully saturated rings. The maximum Gasteiger partial charge on any atom is 0.326 e. The van der Waals surface area contributed by atoms with Gasteiger partial charge in [0, 0.05) is 6.42 Å². The molecule has 1 aliphatic heterocycles. The fourth-order valence-corrected chi connectivity index (χ4v) is 3.32. The Kier molecular flexibility index (Phi) is 9.14. The molecule has 1 aromatic carbocycles. The number of carbonyl (C=O) groups excluding carboxylic acids is 4. The first-order valence-corrected chi connectivity index (χ1v) is 10.4. The lowest BCUT2D eigenvalue weighted by molar-refractivity contribution is -0.142. The Hall–Kier alpha value is -3.47. The molecular formula is C21H29N5O6. The van der Waals surface area contributed by atoms with Crippen LogP contribution in [0.2, 0.25) is 0 Å². The normalized spacial score (nSPS) is 18.1. The van der Waals surface area contributed by atoms with Crippen molar-refractivity contribution in [1.82, 2.24) is 21.3 Å². The van der Waals surface area contributed by atoms with E-state index in [1.54, 1.807) is 30.3 Å². The van der Waals surface area contributed by atoms with Crippen molar-refractivity contribution in [3.8, 4) is 0 Å². The molecule has 11 heteroatoms. The highest BCUT2D eigenvalue weighted by Crippen LogP contribution is 2.06. The number of primary amides is 1. The number of carbonyl (C=O) groups is 5. The van der Waals surface area contributed by atoms with Gasteiger partial charge in [0.1, 0.15) is 18.1 Å². The molecular weight excluding hydrogens is 418 g/mol. The van der Waals surface area contributed by atoms with E-state index in [1.165, 1.54) is 6.92 Å². The fraction of sp³-hybridized carbons (Fsp3) is 0.476. The van der Waals surface area contributed by atoms with Gasteiger partial charge in [0.15, 0.2) is 0 Å². The second kappa shape index (κ2) is 11.8. The van der Waals surface area contributed by atoms with E-state index in [0.717, 1.165) is 6.42 Å². The fourth-order valence-electron chi connectivity index (χ4n) is 3.32. The van der Waals surface area contributed by atoms with Crippen molar-refractivity contribution in [1.29, 1.82) is 0 Å². The van der Waals surface area contributed by atoms with Crippen LogP contribution in [0.1, 0.15) is 31.7 Å². The van der Waals surface area contributed by atoms with Gasteiger partial charge in [0.25, 0.3) is 0 Å². The van der Waals surface area contributed by atoms with E-state index in [2.05, 4.69) is 21.3 Å². The van der Waals surface area contributed by atoms with Gasteiger partial charge in [-0.05, 0) is 31.9 Å². The van der Waals surface area contributed by atoms with Gasteiger partial charge >= 0.3 is 5.97 Å². The number of benzene rings is 1. The molecule has 7 N–H and O–H groups in total. The SMILES string of the molecule is CC(NC(=O)C1CCCN1)C(=O)NC(CC(N)=O)C(=O)NC(Cc1ccccc1)C(=O)O. The molecule has 174 valence electrons. The van der Waals surface area contributed by atoms with Gasteiger partial charge in [-0.15, -0.1) is 0 Å². The van der Waals surface area contributed by atoms with Crippen molar-refractivity contribution in [3.05, 3.63) is 35.9 Å². The predicted molar refractivity (Wildman–Crippen MR) is 114 cm³/mol. The molecule has 1 aromatic rings. The third-order valence-corrected chi connectivity index (χ3v) is 5.06. The number of hydrogen-bond acceptors (Lipinski definition) is 6. The number of hydrogen-bond donors (Lipinski definition) is 6. The van der Waals surface area contributed by atoms with Gasteiger partial charge < -0.3 is 32.1 Å². The molecule has 4 atom stereocenters. The van der Waals surface area contributed by atoms with Crippen LogP contribution in [0.5, 0.6) is 0 Å². The van der Waals surface area contributed by atoms with E-state index in [4.69, 9.17) is 5.73 Å². The number of nitrogens with one attached hydrogen (secondary N) is 4. The first-order chi connectivity index (χ1) is 15.2. The third kappa shape index (κ3) is 7.65. The average molecular weight is 447 g/mol. The zero-order valence-corrected chi connectivity index (χ0v) is 17.8. The minimum absolute atomic E-state index is 0.0139. The largest absolute Gasteiger partial charge is 0.480 e. The van der Waals surface area contributed by atoms with Crippen molar-refractivity contribution in [3.63, 3.8) is 0 Å². The summed E-state index contributed by atoms with van der Waals surface area (Å²) in [5, 5.41) is 19.8. The Balaban J connectivity index is 2.00. The third-order valence-electron chi connectivity index (χ3n) is 5.06. The van der Waals surface area contributed by atoms with Crippen molar-refractivity contribution >= 4 is 29.6 Å². The monoisotopic (exact) mass is 447 g/mol. The molecule has 0 spiro atoms. The summed E-state index contributed by atoms with van der Waals surface area (Å²) in [6.45, 7) is 2.16. The molecule has 11 nitrogen and oxygen atoms in total. The van der Waals surface area contributed by atoms with Crippen molar-refractivity contribution < 1.29 is 29.1 Å². The summed E-state index contributed by atoms with van der Waals surface area (Å²) in [6, 6.07) is 4.66. The molecule has 0 aliphatic carbocycles. The number of rotatable bonds is 11. The average Bonchev–Trinajstić information content (AvgIpc) is 3.28. The lowest BCUT2D eigenvalue weighted by Crippen LogP contribution is -2.57. The minimum atomic E-state index is -1.39. The summed E-state index contributed by atoms with van der Waals surface area (Å²) < 4.78 is 0. The Morgan fingerprint density at radius 1 is 1.06 bits per heavy atom. The summed E-state index contributed by atoms with van der Waals surface area (Å²) in [5.41, 5.74) is 5.88. The van der Waals surface area contributed by atoms with Crippen LogP contribution in [0.15, 0.2) is 30.3 Å². The number of nitrogens with two attached hydrogens (primary N) is 1. The molecule has 32 heavy (non-hydrogen) atoms. The van der Waals surface area contributed by atoms with Crippen LogP contribution in [-0.4, -0.2) is 65.4 Å². The van der Waals surface area contributed by atoms with E-state index in [9.17, 15) is 29.1 Å². The molecule has 0 saturated carbocycles. The van der Waals surface area contributed by atoms with Crippen molar-refractivity contribution in [2.24, 2.45) is 5.73 Å². The van der Waals surface area contributed by atoms with Crippen LogP contribution in [0.4, 0.5) is 0 Å². The Morgan fingerprint density at radius 2 is 1.72 bits per heavy atom. The highest BCUT2D eigenvalue weighted by atomic mass is 16.4. The standard InChI is InChI=1S/C21H29N5O6/c1-12(24-19(29)14-8-5-9-23-14)18(28)25-15(11-17(22)27)20(30)26-16(21(31)32)10-13-6-3-2-4-7-13/h2-4,6-7,12,14-16,23H,5,8-11H2,1H3,(H2,22,27)(H,24,29)(H,25,28)(H,26,30)(H,31,32). The molecule has 0 radical (unpaired) electrons. The van der Waals surface area contributed by atoms with Gasteiger partial charge in [-0.3, -0.25) is 19.2 Å². The summed E-state index contributed by atoms with van der Waals surface area (Å²) in [7, 11) is 0. The maximum absolute atomic E-state index is 12.7. The molecule has 2 rings (SSSR count). The highest BCUT2D eigenvalue weighted by Gasteiger charge is 2.30. The molecule has 1 heterocycles. The lowest BCUT2D eigenvalue weighted by Gasteiger charge is -2.23. The highest BCUT2D eigenvalue weighted by molar-refractivity contribution is 5.96. The van der Waals surface area contributed by atoms with Crippen molar-refractivity contribution in [2.45, 2.75) is 56.8 Å². The summed E-state index contributed by atoms with van der Waals surface area (Å²) in [5.74, 6) is -4.03. The number of carboxylic acids is 1. The zero-order valence-electron chi connectivity index (χ0n) is 17.8. The Bertz CT molecular complexity index is 840. The van der Waals surface area contributed by atoms with Crippen molar-refractivity contribution in [2.75, 3.05) is 6.54 Å². The Labute approximate surface area is 185 Å². The number of aliphatic carboxylic acids is 1. The molecule has 1 saturated heterocycles. The zero-order chi connectivity index (χ0) is 23.7. The summed E-state index contributed by atoms with van der Waals surface area (Å²) in [6.07, 6.45) is 0.998. The first-order valence-electron chi connectivity index (χ1n) is 10.4. The first kappa shape index (κ1) is 24.8. The quantitative estimate of drug-likeness (QED) is 0.237. The second-order valence-electron chi connectivity index (χ2n) is 7.70. The molecule has 0 bridgehead atoms. The van der Waals surface area contributed by atoms with E-state index in [-0.39, 0.29) is 18.4 Å². The molecule has 0 aromatic heterocycles. The van der Waals surface area contributed by atoms with E-state index < -0.39 is 48.2 Å². The van der Waals surface area contributed by atoms with Gasteiger partial charge in [-0.25, -0.2) is 4.79 Å². The number of amides is 4. The van der Waals surface area contributed by atoms with Crippen LogP contribution in [0.25, 0.3) is 0 Å². The van der Waals surface area contributed by atoms with E-state index >= 15 is 0 Å². The van der Waals surface area contributed by atoms with Crippen LogP contribution in [-0.2, 0) is 30.4 Å². The van der Waals surface area contributed by atoms with Gasteiger partial charge in [-0.2, -0.15) is 0 Å². The minimum Gasteiger partial charge on any atom is -0.480 e. The number of carboxylic acid groups (broad SMARTS) is 1. The molecule has 4 unspecified atom stereocenters. The Morgan fingerprint density at radius 3 is 2.28 bits per heavy atom. The second-order valence-corrected chi connectivity index (χ2v) is 7.70. The van der Waals surface area contributed by atoms with Crippen LogP contribution < -0.4 is 27.0 Å². The van der Waals surface area contributed by atoms with Gasteiger partial charge in [-0.1, -0.05) is 30.3 Å². The van der Waals surface area contributed by atoms with Crippen LogP contribution >= 0.6 is 0 Å². The predicted octanol–water partition coefficient (Wildman–Crippen LogP) is -1.58. The maximum atomic E-state index is 12.7. The lowest BCUT2D eigenvalue weighted by atomic mass is 10.0. The smallest absolute Gasteiger partial charge is 0.326 e. The van der Waals surface area contributed by atoms with E-state index in [1.807, 2.05) is 0 Å². The summed E-state index contributed by atoms with van der Waals surface area (Å²) in [4.78, 5) is 60.4. The summed E-state index contributed by atoms with van der Waals surface area (Å²) >= 11 is 0. The topological polar surface area (TPSA) is 180 Å². The molecule has 1 aliphatic rings. The van der Waals surface area contributed by atoms with Gasteiger partial charge in [0.2, 0.25) is 23.6 Å².